The van der Waals surface area contributed by atoms with E-state index in [0.29, 0.717) is 31.3 Å². The molecule has 1 aromatic carbocycles. The molecule has 0 bridgehead atoms. The second kappa shape index (κ2) is 8.89. The highest BCUT2D eigenvalue weighted by Crippen LogP contribution is 2.20. The standard InChI is InChI=1S/C19H25FN4O2/c1-14-22-18(23-26-14)12-16-7-10-24(11-8-16)13-19(25)21-9-6-15-2-4-17(20)5-3-15/h2-5,16H,6-13H2,1H3,(H,21,25). The van der Waals surface area contributed by atoms with Crippen LogP contribution in [-0.4, -0.2) is 47.1 Å². The minimum atomic E-state index is -0.240. The molecule has 2 aromatic rings. The smallest absolute Gasteiger partial charge is 0.234 e. The highest BCUT2D eigenvalue weighted by Gasteiger charge is 2.22. The van der Waals surface area contributed by atoms with Crippen LogP contribution >= 0.6 is 0 Å². The van der Waals surface area contributed by atoms with Crippen molar-refractivity contribution in [3.05, 3.63) is 47.4 Å². The molecule has 0 unspecified atom stereocenters. The number of hydrogen-bond donors (Lipinski definition) is 1. The van der Waals surface area contributed by atoms with E-state index >= 15 is 0 Å². The van der Waals surface area contributed by atoms with Crippen LogP contribution in [0.1, 0.15) is 30.1 Å². The maximum Gasteiger partial charge on any atom is 0.234 e. The molecule has 0 radical (unpaired) electrons. The van der Waals surface area contributed by atoms with Crippen molar-refractivity contribution < 1.29 is 13.7 Å². The van der Waals surface area contributed by atoms with Crippen LogP contribution in [0, 0.1) is 18.7 Å². The Morgan fingerprint density at radius 3 is 2.69 bits per heavy atom. The fourth-order valence-electron chi connectivity index (χ4n) is 3.29. The van der Waals surface area contributed by atoms with Crippen LogP contribution in [0.25, 0.3) is 0 Å². The zero-order valence-electron chi connectivity index (χ0n) is 15.1. The van der Waals surface area contributed by atoms with E-state index in [2.05, 4.69) is 20.4 Å². The molecular formula is C19H25FN4O2. The molecule has 0 saturated carbocycles. The number of nitrogens with zero attached hydrogens (tertiary/aromatic N) is 3. The second-order valence-corrected chi connectivity index (χ2v) is 6.88. The first-order valence-corrected chi connectivity index (χ1v) is 9.11. The van der Waals surface area contributed by atoms with E-state index in [1.54, 1.807) is 19.1 Å². The number of likely N-dealkylation sites (tertiary alicyclic amines) is 1. The zero-order valence-corrected chi connectivity index (χ0v) is 15.1. The number of nitrogens with one attached hydrogen (secondary N) is 1. The molecule has 1 aliphatic heterocycles. The third kappa shape index (κ3) is 5.62. The number of benzene rings is 1. The maximum atomic E-state index is 12.9. The number of hydrogen-bond acceptors (Lipinski definition) is 5. The normalized spacial score (nSPS) is 15.9. The number of rotatable bonds is 7. The van der Waals surface area contributed by atoms with Crippen molar-refractivity contribution in [2.45, 2.75) is 32.6 Å². The monoisotopic (exact) mass is 360 g/mol. The van der Waals surface area contributed by atoms with Gasteiger partial charge in [-0.25, -0.2) is 4.39 Å². The fourth-order valence-corrected chi connectivity index (χ4v) is 3.29. The molecule has 2 heterocycles. The lowest BCUT2D eigenvalue weighted by Gasteiger charge is -2.30. The molecule has 0 spiro atoms. The Morgan fingerprint density at radius 1 is 1.31 bits per heavy atom. The third-order valence-corrected chi connectivity index (χ3v) is 4.76. The minimum absolute atomic E-state index is 0.0411. The average molecular weight is 360 g/mol. The molecule has 0 aliphatic carbocycles. The summed E-state index contributed by atoms with van der Waals surface area (Å²) in [6.45, 7) is 4.61. The highest BCUT2D eigenvalue weighted by molar-refractivity contribution is 5.78. The number of carbonyl (C=O) groups excluding carboxylic acids is 1. The van der Waals surface area contributed by atoms with Gasteiger partial charge in [-0.05, 0) is 56.0 Å². The van der Waals surface area contributed by atoms with Gasteiger partial charge in [-0.15, -0.1) is 0 Å². The summed E-state index contributed by atoms with van der Waals surface area (Å²) in [6, 6.07) is 6.38. The summed E-state index contributed by atoms with van der Waals surface area (Å²) in [7, 11) is 0. The highest BCUT2D eigenvalue weighted by atomic mass is 19.1. The number of amides is 1. The van der Waals surface area contributed by atoms with E-state index < -0.39 is 0 Å². The average Bonchev–Trinajstić information content (AvgIpc) is 3.03. The SMILES string of the molecule is Cc1nc(CC2CCN(CC(=O)NCCc3ccc(F)cc3)CC2)no1. The largest absolute Gasteiger partial charge is 0.355 e. The molecule has 26 heavy (non-hydrogen) atoms. The van der Waals surface area contributed by atoms with Gasteiger partial charge in [-0.1, -0.05) is 17.3 Å². The van der Waals surface area contributed by atoms with Crippen molar-refractivity contribution >= 4 is 5.91 Å². The Balaban J connectivity index is 1.32. The molecule has 1 saturated heterocycles. The Morgan fingerprint density at radius 2 is 2.04 bits per heavy atom. The summed E-state index contributed by atoms with van der Waals surface area (Å²) < 4.78 is 17.9. The van der Waals surface area contributed by atoms with Gasteiger partial charge in [0.2, 0.25) is 11.8 Å². The molecule has 1 amide bonds. The molecule has 1 N–H and O–H groups in total. The first-order valence-electron chi connectivity index (χ1n) is 9.11. The van der Waals surface area contributed by atoms with Gasteiger partial charge in [0, 0.05) is 19.9 Å². The van der Waals surface area contributed by atoms with Gasteiger partial charge < -0.3 is 9.84 Å². The quantitative estimate of drug-likeness (QED) is 0.819. The van der Waals surface area contributed by atoms with E-state index in [1.165, 1.54) is 12.1 Å². The molecular weight excluding hydrogens is 335 g/mol. The van der Waals surface area contributed by atoms with E-state index in [-0.39, 0.29) is 11.7 Å². The Kier molecular flexibility index (Phi) is 6.33. The molecule has 0 atom stereocenters. The number of carbonyl (C=O) groups is 1. The van der Waals surface area contributed by atoms with Gasteiger partial charge in [-0.3, -0.25) is 9.69 Å². The van der Waals surface area contributed by atoms with E-state index in [9.17, 15) is 9.18 Å². The lowest BCUT2D eigenvalue weighted by Crippen LogP contribution is -2.42. The maximum absolute atomic E-state index is 12.9. The van der Waals surface area contributed by atoms with E-state index in [4.69, 9.17) is 4.52 Å². The number of aromatic nitrogens is 2. The lowest BCUT2D eigenvalue weighted by atomic mass is 9.93. The lowest BCUT2D eigenvalue weighted by molar-refractivity contribution is -0.122. The molecule has 140 valence electrons. The van der Waals surface area contributed by atoms with Gasteiger partial charge in [0.25, 0.3) is 0 Å². The topological polar surface area (TPSA) is 71.3 Å². The van der Waals surface area contributed by atoms with Gasteiger partial charge in [0.05, 0.1) is 6.54 Å². The van der Waals surface area contributed by atoms with Crippen molar-refractivity contribution in [3.8, 4) is 0 Å². The Labute approximate surface area is 152 Å². The predicted molar refractivity (Wildman–Crippen MR) is 95.0 cm³/mol. The van der Waals surface area contributed by atoms with Gasteiger partial charge >= 0.3 is 0 Å². The summed E-state index contributed by atoms with van der Waals surface area (Å²) in [6.07, 6.45) is 3.63. The summed E-state index contributed by atoms with van der Waals surface area (Å²) >= 11 is 0. The van der Waals surface area contributed by atoms with Crippen molar-refractivity contribution in [2.24, 2.45) is 5.92 Å². The molecule has 1 aliphatic rings. The minimum Gasteiger partial charge on any atom is -0.355 e. The van der Waals surface area contributed by atoms with Crippen molar-refractivity contribution in [1.82, 2.24) is 20.4 Å². The van der Waals surface area contributed by atoms with Crippen LogP contribution in [0.3, 0.4) is 0 Å². The zero-order chi connectivity index (χ0) is 18.4. The first-order chi connectivity index (χ1) is 12.6. The van der Waals surface area contributed by atoms with Crippen molar-refractivity contribution in [3.63, 3.8) is 0 Å². The summed E-state index contributed by atoms with van der Waals surface area (Å²) in [5, 5.41) is 6.90. The summed E-state index contributed by atoms with van der Waals surface area (Å²) in [5.74, 6) is 1.73. The van der Waals surface area contributed by atoms with Gasteiger partial charge in [0.15, 0.2) is 5.82 Å². The second-order valence-electron chi connectivity index (χ2n) is 6.88. The van der Waals surface area contributed by atoms with Crippen LogP contribution in [0.15, 0.2) is 28.8 Å². The number of piperidine rings is 1. The molecule has 6 nitrogen and oxygen atoms in total. The van der Waals surface area contributed by atoms with Gasteiger partial charge in [-0.2, -0.15) is 4.98 Å². The Bertz CT molecular complexity index is 709. The summed E-state index contributed by atoms with van der Waals surface area (Å²) in [4.78, 5) is 18.5. The fraction of sp³-hybridized carbons (Fsp3) is 0.526. The Hall–Kier alpha value is -2.28. The van der Waals surface area contributed by atoms with Crippen LogP contribution in [0.4, 0.5) is 4.39 Å². The number of aryl methyl sites for hydroxylation is 1. The van der Waals surface area contributed by atoms with Crippen LogP contribution < -0.4 is 5.32 Å². The first kappa shape index (κ1) is 18.5. The predicted octanol–water partition coefficient (Wildman–Crippen LogP) is 2.13. The molecule has 1 fully saturated rings. The van der Waals surface area contributed by atoms with Crippen molar-refractivity contribution in [2.75, 3.05) is 26.2 Å². The van der Waals surface area contributed by atoms with E-state index in [1.807, 2.05) is 0 Å². The molecule has 7 heteroatoms. The third-order valence-electron chi connectivity index (χ3n) is 4.76. The van der Waals surface area contributed by atoms with Gasteiger partial charge in [0.1, 0.15) is 5.82 Å². The molecule has 3 rings (SSSR count). The summed E-state index contributed by atoms with van der Waals surface area (Å²) in [5.41, 5.74) is 1.02. The van der Waals surface area contributed by atoms with Crippen LogP contribution in [0.2, 0.25) is 0 Å². The van der Waals surface area contributed by atoms with E-state index in [0.717, 1.165) is 43.7 Å². The number of halogens is 1. The molecule has 1 aromatic heterocycles. The van der Waals surface area contributed by atoms with Crippen LogP contribution in [-0.2, 0) is 17.6 Å². The van der Waals surface area contributed by atoms with Crippen LogP contribution in [0.5, 0.6) is 0 Å². The van der Waals surface area contributed by atoms with Crippen molar-refractivity contribution in [1.29, 1.82) is 0 Å².